The molecule has 0 fully saturated rings. The Hall–Kier alpha value is -1.94. The molecule has 2 unspecified atom stereocenters. The Kier molecular flexibility index (Phi) is 81.7. The van der Waals surface area contributed by atoms with E-state index in [0.717, 1.165) is 102 Å². The van der Waals surface area contributed by atoms with Crippen LogP contribution in [-0.2, 0) is 65.4 Å². The molecule has 0 saturated carbocycles. The van der Waals surface area contributed by atoms with Gasteiger partial charge in [-0.15, -0.1) is 0 Å². The van der Waals surface area contributed by atoms with Gasteiger partial charge in [-0.05, 0) is 37.5 Å². The van der Waals surface area contributed by atoms with E-state index in [1.165, 1.54) is 308 Å². The van der Waals surface area contributed by atoms with Gasteiger partial charge in [0, 0.05) is 25.7 Å². The molecule has 0 aromatic heterocycles. The number of carbonyl (C=O) groups is 4. The van der Waals surface area contributed by atoms with Gasteiger partial charge in [0.1, 0.15) is 19.3 Å². The van der Waals surface area contributed by atoms with Crippen LogP contribution in [0.5, 0.6) is 0 Å². The SMILES string of the molecule is CCCCCCCCCCCCCCCCCCCCCCCC(=O)OC[C@H](COP(=O)(O)OC[C@@H](O)COP(=O)(O)OC[C@@H](COC(=O)CCCCCCCCC(C)C)OC(=O)CCCCCCCCCCCCCCCCCCCCCC)OC(=O)CCCCCCCCCCCCCCCCCCCCC(C)C. The molecular weight excluding hydrogens is 1440 g/mol. The minimum atomic E-state index is -4.97. The van der Waals surface area contributed by atoms with Gasteiger partial charge in [-0.2, -0.15) is 0 Å². The summed E-state index contributed by atoms with van der Waals surface area (Å²) in [6, 6.07) is 0. The van der Waals surface area contributed by atoms with Crippen molar-refractivity contribution >= 4 is 39.5 Å². The predicted octanol–water partition coefficient (Wildman–Crippen LogP) is 28.6. The van der Waals surface area contributed by atoms with Crippen molar-refractivity contribution in [3.63, 3.8) is 0 Å². The van der Waals surface area contributed by atoms with Gasteiger partial charge in [0.15, 0.2) is 12.2 Å². The van der Waals surface area contributed by atoms with Crippen molar-refractivity contribution in [3.8, 4) is 0 Å². The molecule has 0 aliphatic heterocycles. The van der Waals surface area contributed by atoms with Crippen molar-refractivity contribution in [2.24, 2.45) is 11.8 Å². The van der Waals surface area contributed by atoms with Gasteiger partial charge in [0.2, 0.25) is 0 Å². The highest BCUT2D eigenvalue weighted by molar-refractivity contribution is 7.47. The molecule has 0 saturated heterocycles. The molecule has 0 rings (SSSR count). The second kappa shape index (κ2) is 83.1. The molecule has 0 spiro atoms. The van der Waals surface area contributed by atoms with Crippen molar-refractivity contribution in [2.45, 2.75) is 516 Å². The van der Waals surface area contributed by atoms with Crippen LogP contribution < -0.4 is 0 Å². The van der Waals surface area contributed by atoms with Crippen molar-refractivity contribution in [1.29, 1.82) is 0 Å². The maximum atomic E-state index is 13.2. The van der Waals surface area contributed by atoms with Crippen molar-refractivity contribution in [2.75, 3.05) is 39.6 Å². The first-order valence-electron chi connectivity index (χ1n) is 47.5. The predicted molar refractivity (Wildman–Crippen MR) is 460 cm³/mol. The summed E-state index contributed by atoms with van der Waals surface area (Å²) in [5, 5.41) is 10.7. The van der Waals surface area contributed by atoms with E-state index >= 15 is 0 Å². The van der Waals surface area contributed by atoms with Crippen LogP contribution in [0.1, 0.15) is 497 Å². The number of carbonyl (C=O) groups excluding carboxylic acids is 4. The molecule has 0 heterocycles. The number of ether oxygens (including phenoxy) is 4. The lowest BCUT2D eigenvalue weighted by Crippen LogP contribution is -2.30. The number of phosphoric ester groups is 2. The molecule has 5 atom stereocenters. The van der Waals surface area contributed by atoms with E-state index in [0.29, 0.717) is 31.6 Å². The topological polar surface area (TPSA) is 237 Å². The van der Waals surface area contributed by atoms with Crippen LogP contribution in [0.2, 0.25) is 0 Å². The van der Waals surface area contributed by atoms with E-state index < -0.39 is 97.5 Å². The molecular formula is C92H180O17P2. The van der Waals surface area contributed by atoms with Crippen LogP contribution in [0.4, 0.5) is 0 Å². The molecule has 0 aliphatic rings. The van der Waals surface area contributed by atoms with Gasteiger partial charge in [-0.25, -0.2) is 9.13 Å². The maximum absolute atomic E-state index is 13.2. The zero-order valence-electron chi connectivity index (χ0n) is 73.3. The summed E-state index contributed by atoms with van der Waals surface area (Å²) in [6.45, 7) is 9.66. The quantitative estimate of drug-likeness (QED) is 0.0222. The van der Waals surface area contributed by atoms with Crippen molar-refractivity contribution in [1.82, 2.24) is 0 Å². The maximum Gasteiger partial charge on any atom is 0.472 e. The van der Waals surface area contributed by atoms with E-state index in [2.05, 4.69) is 41.5 Å². The summed E-state index contributed by atoms with van der Waals surface area (Å²) in [5.41, 5.74) is 0. The lowest BCUT2D eigenvalue weighted by atomic mass is 10.0. The van der Waals surface area contributed by atoms with Gasteiger partial charge in [-0.1, -0.05) is 446 Å². The fraction of sp³-hybridized carbons (Fsp3) is 0.957. The summed E-state index contributed by atoms with van der Waals surface area (Å²) < 4.78 is 69.0. The number of esters is 4. The second-order valence-electron chi connectivity index (χ2n) is 34.0. The van der Waals surface area contributed by atoms with Crippen molar-refractivity contribution < 1.29 is 80.2 Å². The van der Waals surface area contributed by atoms with E-state index in [1.807, 2.05) is 0 Å². The zero-order chi connectivity index (χ0) is 81.3. The largest absolute Gasteiger partial charge is 0.472 e. The Morgan fingerprint density at radius 3 is 0.613 bits per heavy atom. The second-order valence-corrected chi connectivity index (χ2v) is 36.9. The normalized spacial score (nSPS) is 13.7. The molecule has 111 heavy (non-hydrogen) atoms. The van der Waals surface area contributed by atoms with Gasteiger partial charge in [0.25, 0.3) is 0 Å². The number of aliphatic hydroxyl groups is 1. The number of unbranched alkanes of at least 4 members (excludes halogenated alkanes) is 61. The summed E-state index contributed by atoms with van der Waals surface area (Å²) in [6.07, 6.45) is 78.2. The fourth-order valence-corrected chi connectivity index (χ4v) is 16.1. The van der Waals surface area contributed by atoms with Crippen LogP contribution in [0.25, 0.3) is 0 Å². The third-order valence-corrected chi connectivity index (χ3v) is 23.6. The van der Waals surface area contributed by atoms with Crippen LogP contribution in [0.3, 0.4) is 0 Å². The van der Waals surface area contributed by atoms with Crippen LogP contribution >= 0.6 is 15.6 Å². The monoisotopic (exact) mass is 1620 g/mol. The Labute approximate surface area is 683 Å². The first-order chi connectivity index (χ1) is 53.9. The lowest BCUT2D eigenvalue weighted by Gasteiger charge is -2.21. The third kappa shape index (κ3) is 85.8. The Morgan fingerprint density at radius 2 is 0.414 bits per heavy atom. The number of hydrogen-bond acceptors (Lipinski definition) is 15. The van der Waals surface area contributed by atoms with Gasteiger partial charge in [-0.3, -0.25) is 37.3 Å². The molecule has 0 radical (unpaired) electrons. The molecule has 0 amide bonds. The van der Waals surface area contributed by atoms with Gasteiger partial charge >= 0.3 is 39.5 Å². The molecule has 0 aromatic carbocycles. The summed E-state index contributed by atoms with van der Waals surface area (Å²) in [5.74, 6) is -0.599. The first-order valence-corrected chi connectivity index (χ1v) is 50.5. The standard InChI is InChI=1S/C92H180O17P2/c1-7-9-11-13-15-17-19-21-23-25-27-29-31-35-39-43-47-51-55-62-68-74-89(94)102-80-87(108-91(96)76-70-64-57-53-49-45-41-37-33-32-34-38-42-46-50-54-60-66-72-84(3)4)82-106-110(98,99)104-78-86(93)79-105-111(100,101)107-83-88(81-103-90(95)75-69-63-59-58-61-67-73-85(5)6)109-92(97)77-71-65-56-52-48-44-40-36-30-28-26-24-22-20-18-16-14-12-10-8-2/h84-88,93H,7-83H2,1-6H3,(H,98,99)(H,100,101)/t86-,87-,88-/m1/s1. The zero-order valence-corrected chi connectivity index (χ0v) is 75.1. The Bertz CT molecular complexity index is 2120. The Morgan fingerprint density at radius 1 is 0.243 bits per heavy atom. The number of aliphatic hydroxyl groups excluding tert-OH is 1. The van der Waals surface area contributed by atoms with E-state index in [1.54, 1.807) is 0 Å². The van der Waals surface area contributed by atoms with Crippen LogP contribution in [0.15, 0.2) is 0 Å². The van der Waals surface area contributed by atoms with Crippen LogP contribution in [0, 0.1) is 11.8 Å². The number of phosphoric acid groups is 2. The minimum Gasteiger partial charge on any atom is -0.462 e. The van der Waals surface area contributed by atoms with Gasteiger partial charge < -0.3 is 33.8 Å². The molecule has 0 aliphatic carbocycles. The highest BCUT2D eigenvalue weighted by atomic mass is 31.2. The average Bonchev–Trinajstić information content (AvgIpc) is 0.898. The average molecular weight is 1620 g/mol. The van der Waals surface area contributed by atoms with E-state index in [-0.39, 0.29) is 25.7 Å². The molecule has 0 bridgehead atoms. The smallest absolute Gasteiger partial charge is 0.462 e. The van der Waals surface area contributed by atoms with Gasteiger partial charge in [0.05, 0.1) is 26.4 Å². The highest BCUT2D eigenvalue weighted by Crippen LogP contribution is 2.45. The van der Waals surface area contributed by atoms with Crippen LogP contribution in [-0.4, -0.2) is 96.7 Å². The first kappa shape index (κ1) is 109. The third-order valence-electron chi connectivity index (χ3n) is 21.7. The summed E-state index contributed by atoms with van der Waals surface area (Å²) in [4.78, 5) is 73.4. The Balaban J connectivity index is 5.19. The number of hydrogen-bond donors (Lipinski definition) is 3. The summed E-state index contributed by atoms with van der Waals surface area (Å²) >= 11 is 0. The van der Waals surface area contributed by atoms with E-state index in [9.17, 15) is 43.2 Å². The molecule has 3 N–H and O–H groups in total. The summed E-state index contributed by atoms with van der Waals surface area (Å²) in [7, 11) is -9.93. The minimum absolute atomic E-state index is 0.108. The molecule has 0 aromatic rings. The number of rotatable bonds is 91. The molecule has 17 nitrogen and oxygen atoms in total. The van der Waals surface area contributed by atoms with Crippen molar-refractivity contribution in [3.05, 3.63) is 0 Å². The fourth-order valence-electron chi connectivity index (χ4n) is 14.5. The highest BCUT2D eigenvalue weighted by Gasteiger charge is 2.31. The molecule has 660 valence electrons. The van der Waals surface area contributed by atoms with E-state index in [4.69, 9.17) is 37.0 Å². The lowest BCUT2D eigenvalue weighted by molar-refractivity contribution is -0.161. The molecule has 19 heteroatoms.